The smallest absolute Gasteiger partial charge is 0.242 e. The summed E-state index contributed by atoms with van der Waals surface area (Å²) in [5.74, 6) is 1.04. The van der Waals surface area contributed by atoms with Crippen molar-refractivity contribution in [1.82, 2.24) is 20.8 Å². The van der Waals surface area contributed by atoms with Crippen LogP contribution < -0.4 is 10.6 Å². The molecule has 0 spiro atoms. The number of hydrogen-bond donors (Lipinski definition) is 2. The van der Waals surface area contributed by atoms with Gasteiger partial charge in [0.2, 0.25) is 17.7 Å². The molecular formula is C15H24N4O3. The lowest BCUT2D eigenvalue weighted by Gasteiger charge is -2.22. The fourth-order valence-corrected chi connectivity index (χ4v) is 2.75. The number of rotatable bonds is 6. The quantitative estimate of drug-likeness (QED) is 0.829. The van der Waals surface area contributed by atoms with E-state index in [0.717, 1.165) is 12.8 Å². The second-order valence-corrected chi connectivity index (χ2v) is 5.94. The van der Waals surface area contributed by atoms with Crippen molar-refractivity contribution in [1.29, 1.82) is 0 Å². The summed E-state index contributed by atoms with van der Waals surface area (Å²) in [6, 6.07) is -0.566. The highest BCUT2D eigenvalue weighted by Crippen LogP contribution is 2.26. The van der Waals surface area contributed by atoms with E-state index in [1.807, 2.05) is 0 Å². The van der Waals surface area contributed by atoms with Gasteiger partial charge in [-0.15, -0.1) is 0 Å². The van der Waals surface area contributed by atoms with E-state index in [4.69, 9.17) is 4.52 Å². The summed E-state index contributed by atoms with van der Waals surface area (Å²) in [6.45, 7) is 3.56. The third-order valence-corrected chi connectivity index (χ3v) is 3.96. The van der Waals surface area contributed by atoms with Crippen LogP contribution in [0.2, 0.25) is 0 Å². The predicted molar refractivity (Wildman–Crippen MR) is 79.7 cm³/mol. The molecule has 0 radical (unpaired) electrons. The van der Waals surface area contributed by atoms with Crippen molar-refractivity contribution in [3.05, 3.63) is 11.7 Å². The maximum atomic E-state index is 12.0. The molecular weight excluding hydrogens is 284 g/mol. The van der Waals surface area contributed by atoms with Crippen LogP contribution in [-0.4, -0.2) is 28.0 Å². The summed E-state index contributed by atoms with van der Waals surface area (Å²) in [5, 5.41) is 9.13. The number of aromatic nitrogens is 2. The highest BCUT2D eigenvalue weighted by molar-refractivity contribution is 5.87. The molecule has 1 heterocycles. The van der Waals surface area contributed by atoms with E-state index in [0.29, 0.717) is 24.1 Å². The molecule has 0 aromatic carbocycles. The first-order valence-corrected chi connectivity index (χ1v) is 7.91. The maximum Gasteiger partial charge on any atom is 0.242 e. The van der Waals surface area contributed by atoms with Gasteiger partial charge in [-0.1, -0.05) is 24.4 Å². The summed E-state index contributed by atoms with van der Waals surface area (Å²) in [6.07, 6.45) is 6.43. The summed E-state index contributed by atoms with van der Waals surface area (Å²) < 4.78 is 4.82. The van der Waals surface area contributed by atoms with Crippen LogP contribution in [0.5, 0.6) is 0 Å². The minimum atomic E-state index is -0.566. The van der Waals surface area contributed by atoms with Crippen molar-refractivity contribution in [2.75, 3.05) is 0 Å². The number of amides is 2. The minimum absolute atomic E-state index is 0.0510. The van der Waals surface area contributed by atoms with Gasteiger partial charge in [0.05, 0.1) is 6.54 Å². The van der Waals surface area contributed by atoms with Crippen molar-refractivity contribution in [2.45, 2.75) is 65.0 Å². The zero-order valence-corrected chi connectivity index (χ0v) is 13.2. The van der Waals surface area contributed by atoms with Gasteiger partial charge in [0.25, 0.3) is 0 Å². The topological polar surface area (TPSA) is 97.1 Å². The molecule has 0 saturated heterocycles. The Hall–Kier alpha value is -1.92. The van der Waals surface area contributed by atoms with Crippen LogP contribution in [-0.2, 0) is 16.1 Å². The van der Waals surface area contributed by atoms with Gasteiger partial charge in [0.15, 0.2) is 5.82 Å². The molecule has 22 heavy (non-hydrogen) atoms. The molecule has 122 valence electrons. The van der Waals surface area contributed by atoms with E-state index >= 15 is 0 Å². The van der Waals surface area contributed by atoms with Gasteiger partial charge in [-0.3, -0.25) is 9.59 Å². The van der Waals surface area contributed by atoms with E-state index in [2.05, 4.69) is 20.8 Å². The van der Waals surface area contributed by atoms with Crippen LogP contribution >= 0.6 is 0 Å². The first-order valence-electron chi connectivity index (χ1n) is 7.91. The van der Waals surface area contributed by atoms with Crippen LogP contribution in [0.15, 0.2) is 4.52 Å². The SMILES string of the molecule is Cc1nc(CNC(=O)C(C)NC(=O)CC2CCCCC2)no1. The highest BCUT2D eigenvalue weighted by Gasteiger charge is 2.20. The summed E-state index contributed by atoms with van der Waals surface area (Å²) >= 11 is 0. The second kappa shape index (κ2) is 7.91. The van der Waals surface area contributed by atoms with Crippen LogP contribution in [0.25, 0.3) is 0 Å². The van der Waals surface area contributed by atoms with Gasteiger partial charge in [-0.25, -0.2) is 0 Å². The lowest BCUT2D eigenvalue weighted by Crippen LogP contribution is -2.45. The Morgan fingerprint density at radius 1 is 1.32 bits per heavy atom. The lowest BCUT2D eigenvalue weighted by atomic mass is 9.87. The van der Waals surface area contributed by atoms with Crippen LogP contribution in [0, 0.1) is 12.8 Å². The third kappa shape index (κ3) is 5.13. The molecule has 1 aromatic heterocycles. The zero-order valence-electron chi connectivity index (χ0n) is 13.2. The van der Waals surface area contributed by atoms with Gasteiger partial charge in [0.1, 0.15) is 6.04 Å². The van der Waals surface area contributed by atoms with E-state index in [9.17, 15) is 9.59 Å². The van der Waals surface area contributed by atoms with Crippen molar-refractivity contribution in [3.63, 3.8) is 0 Å². The molecule has 0 aliphatic heterocycles. The molecule has 1 saturated carbocycles. The molecule has 1 aliphatic carbocycles. The monoisotopic (exact) mass is 308 g/mol. The van der Waals surface area contributed by atoms with Gasteiger partial charge < -0.3 is 15.2 Å². The van der Waals surface area contributed by atoms with E-state index in [-0.39, 0.29) is 18.4 Å². The van der Waals surface area contributed by atoms with Crippen molar-refractivity contribution in [2.24, 2.45) is 5.92 Å². The number of hydrogen-bond acceptors (Lipinski definition) is 5. The molecule has 2 rings (SSSR count). The van der Waals surface area contributed by atoms with Crippen molar-refractivity contribution in [3.8, 4) is 0 Å². The zero-order chi connectivity index (χ0) is 15.9. The maximum absolute atomic E-state index is 12.0. The molecule has 2 N–H and O–H groups in total. The Kier molecular flexibility index (Phi) is 5.91. The number of aryl methyl sites for hydroxylation is 1. The van der Waals surface area contributed by atoms with Crippen LogP contribution in [0.4, 0.5) is 0 Å². The van der Waals surface area contributed by atoms with Gasteiger partial charge in [-0.2, -0.15) is 4.98 Å². The van der Waals surface area contributed by atoms with E-state index in [1.165, 1.54) is 19.3 Å². The van der Waals surface area contributed by atoms with Gasteiger partial charge >= 0.3 is 0 Å². The Bertz CT molecular complexity index is 509. The van der Waals surface area contributed by atoms with E-state index < -0.39 is 6.04 Å². The average Bonchev–Trinajstić information content (AvgIpc) is 2.91. The summed E-state index contributed by atoms with van der Waals surface area (Å²) in [4.78, 5) is 27.9. The molecule has 7 nitrogen and oxygen atoms in total. The number of nitrogens with zero attached hydrogens (tertiary/aromatic N) is 2. The summed E-state index contributed by atoms with van der Waals surface area (Å²) in [7, 11) is 0. The molecule has 1 unspecified atom stereocenters. The van der Waals surface area contributed by atoms with Crippen molar-refractivity contribution < 1.29 is 14.1 Å². The van der Waals surface area contributed by atoms with Gasteiger partial charge in [0, 0.05) is 13.3 Å². The Morgan fingerprint density at radius 2 is 2.05 bits per heavy atom. The van der Waals surface area contributed by atoms with Crippen molar-refractivity contribution >= 4 is 11.8 Å². The number of carbonyl (C=O) groups excluding carboxylic acids is 2. The van der Waals surface area contributed by atoms with Crippen LogP contribution in [0.3, 0.4) is 0 Å². The molecule has 0 bridgehead atoms. The summed E-state index contributed by atoms with van der Waals surface area (Å²) in [5.41, 5.74) is 0. The second-order valence-electron chi connectivity index (χ2n) is 5.94. The first-order chi connectivity index (χ1) is 10.5. The molecule has 2 amide bonds. The Labute approximate surface area is 130 Å². The number of nitrogens with one attached hydrogen (secondary N) is 2. The number of carbonyl (C=O) groups is 2. The third-order valence-electron chi connectivity index (χ3n) is 3.96. The highest BCUT2D eigenvalue weighted by atomic mass is 16.5. The van der Waals surface area contributed by atoms with Gasteiger partial charge in [-0.05, 0) is 25.7 Å². The Balaban J connectivity index is 1.69. The molecule has 1 atom stereocenters. The lowest BCUT2D eigenvalue weighted by molar-refractivity contribution is -0.129. The molecule has 7 heteroatoms. The normalized spacial score (nSPS) is 17.0. The molecule has 1 aromatic rings. The predicted octanol–water partition coefficient (Wildman–Crippen LogP) is 1.47. The molecule has 1 fully saturated rings. The standard InChI is InChI=1S/C15H24N4O3/c1-10(15(21)16-9-13-18-11(2)22-19-13)17-14(20)8-12-6-4-3-5-7-12/h10,12H,3-9H2,1-2H3,(H,16,21)(H,17,20). The Morgan fingerprint density at radius 3 is 2.68 bits per heavy atom. The fraction of sp³-hybridized carbons (Fsp3) is 0.733. The average molecular weight is 308 g/mol. The van der Waals surface area contributed by atoms with Crippen LogP contribution in [0.1, 0.15) is 57.2 Å². The fourth-order valence-electron chi connectivity index (χ4n) is 2.75. The minimum Gasteiger partial charge on any atom is -0.347 e. The largest absolute Gasteiger partial charge is 0.347 e. The molecule has 1 aliphatic rings. The van der Waals surface area contributed by atoms with E-state index in [1.54, 1.807) is 13.8 Å². The first kappa shape index (κ1) is 16.5.